The molecule has 0 heterocycles. The minimum absolute atomic E-state index is 0.266. The van der Waals surface area contributed by atoms with Crippen LogP contribution < -0.4 is 5.32 Å². The molecule has 0 spiro atoms. The van der Waals surface area contributed by atoms with Crippen LogP contribution in [0.15, 0.2) is 41.3 Å². The average molecular weight is 271 g/mol. The van der Waals surface area contributed by atoms with Gasteiger partial charge in [-0.1, -0.05) is 0 Å². The first-order chi connectivity index (χ1) is 8.29. The maximum absolute atomic E-state index is 11.2. The summed E-state index contributed by atoms with van der Waals surface area (Å²) in [6.07, 6.45) is 1.49. The van der Waals surface area contributed by atoms with E-state index in [2.05, 4.69) is 5.32 Å². The molecule has 1 aromatic carbocycles. The Bertz CT molecular complexity index is 587. The number of aliphatic carboxylic acids is 1. The number of carbonyl (C=O) groups is 2. The molecule has 0 saturated carbocycles. The molecule has 0 aliphatic rings. The highest BCUT2D eigenvalue weighted by Gasteiger charge is 2.08. The van der Waals surface area contributed by atoms with Crippen molar-refractivity contribution >= 4 is 27.7 Å². The van der Waals surface area contributed by atoms with Crippen LogP contribution in [0, 0.1) is 0 Å². The largest absolute Gasteiger partial charge is 0.478 e. The Hall–Kier alpha value is -2.19. The predicted molar refractivity (Wildman–Crippen MR) is 61.7 cm³/mol. The van der Waals surface area contributed by atoms with Gasteiger partial charge in [0.2, 0.25) is 5.91 Å². The van der Waals surface area contributed by atoms with Crippen LogP contribution in [0.3, 0.4) is 0 Å². The summed E-state index contributed by atoms with van der Waals surface area (Å²) in [5.41, 5.74) is 0.266. The molecule has 0 bridgehead atoms. The zero-order valence-corrected chi connectivity index (χ0v) is 9.72. The van der Waals surface area contributed by atoms with Crippen LogP contribution in [0.4, 0.5) is 5.69 Å². The van der Waals surface area contributed by atoms with Gasteiger partial charge in [0.15, 0.2) is 0 Å². The summed E-state index contributed by atoms with van der Waals surface area (Å²) in [6.45, 7) is 0. The zero-order chi connectivity index (χ0) is 13.8. The molecule has 0 radical (unpaired) electrons. The molecule has 0 saturated heterocycles. The predicted octanol–water partition coefficient (Wildman–Crippen LogP) is 0.513. The molecule has 1 aromatic rings. The molecule has 7 nitrogen and oxygen atoms in total. The number of benzene rings is 1. The van der Waals surface area contributed by atoms with Crippen molar-refractivity contribution in [2.45, 2.75) is 4.90 Å². The van der Waals surface area contributed by atoms with Gasteiger partial charge in [0, 0.05) is 17.8 Å². The lowest BCUT2D eigenvalue weighted by molar-refractivity contribution is -0.131. The summed E-state index contributed by atoms with van der Waals surface area (Å²) in [7, 11) is -4.27. The van der Waals surface area contributed by atoms with E-state index < -0.39 is 22.0 Å². The van der Waals surface area contributed by atoms with Gasteiger partial charge < -0.3 is 10.4 Å². The van der Waals surface area contributed by atoms with Crippen LogP contribution >= 0.6 is 0 Å². The van der Waals surface area contributed by atoms with E-state index in [9.17, 15) is 18.0 Å². The lowest BCUT2D eigenvalue weighted by Crippen LogP contribution is -2.08. The van der Waals surface area contributed by atoms with Gasteiger partial charge in [-0.15, -0.1) is 0 Å². The monoisotopic (exact) mass is 271 g/mol. The fraction of sp³-hybridized carbons (Fsp3) is 0. The molecule has 8 heteroatoms. The second-order valence-electron chi connectivity index (χ2n) is 3.16. The van der Waals surface area contributed by atoms with Crippen molar-refractivity contribution in [2.75, 3.05) is 5.32 Å². The molecule has 0 atom stereocenters. The number of nitrogens with one attached hydrogen (secondary N) is 1. The molecule has 0 aliphatic heterocycles. The topological polar surface area (TPSA) is 121 Å². The quantitative estimate of drug-likeness (QED) is 0.542. The zero-order valence-electron chi connectivity index (χ0n) is 8.90. The Balaban J connectivity index is 2.76. The van der Waals surface area contributed by atoms with Crippen molar-refractivity contribution in [1.29, 1.82) is 0 Å². The van der Waals surface area contributed by atoms with Crippen molar-refractivity contribution in [2.24, 2.45) is 0 Å². The van der Waals surface area contributed by atoms with Crippen LogP contribution in [-0.4, -0.2) is 30.0 Å². The molecule has 1 amide bonds. The lowest BCUT2D eigenvalue weighted by atomic mass is 10.3. The first-order valence-electron chi connectivity index (χ1n) is 4.58. The summed E-state index contributed by atoms with van der Waals surface area (Å²) in [6, 6.07) is 4.73. The fourth-order valence-electron chi connectivity index (χ4n) is 1.04. The molecular weight excluding hydrogens is 262 g/mol. The van der Waals surface area contributed by atoms with E-state index in [0.717, 1.165) is 18.2 Å². The third-order valence-electron chi connectivity index (χ3n) is 1.80. The fourth-order valence-corrected chi connectivity index (χ4v) is 1.52. The van der Waals surface area contributed by atoms with Crippen LogP contribution in [0.5, 0.6) is 0 Å². The summed E-state index contributed by atoms with van der Waals surface area (Å²) in [5, 5.41) is 10.6. The third kappa shape index (κ3) is 4.36. The van der Waals surface area contributed by atoms with Gasteiger partial charge >= 0.3 is 5.97 Å². The molecule has 1 rings (SSSR count). The molecule has 0 aliphatic carbocycles. The number of rotatable bonds is 4. The van der Waals surface area contributed by atoms with Gasteiger partial charge in [-0.05, 0) is 24.3 Å². The first kappa shape index (κ1) is 13.9. The average Bonchev–Trinajstić information content (AvgIpc) is 2.26. The van der Waals surface area contributed by atoms with E-state index in [4.69, 9.17) is 9.66 Å². The molecule has 0 unspecified atom stereocenters. The van der Waals surface area contributed by atoms with Gasteiger partial charge in [-0.25, -0.2) is 4.79 Å². The number of carboxylic acids is 1. The van der Waals surface area contributed by atoms with Crippen molar-refractivity contribution in [1.82, 2.24) is 0 Å². The number of hydrogen-bond acceptors (Lipinski definition) is 4. The highest BCUT2D eigenvalue weighted by molar-refractivity contribution is 7.85. The van der Waals surface area contributed by atoms with Gasteiger partial charge in [0.25, 0.3) is 10.1 Å². The Kier molecular flexibility index (Phi) is 4.18. The molecule has 0 aromatic heterocycles. The lowest BCUT2D eigenvalue weighted by Gasteiger charge is -2.02. The van der Waals surface area contributed by atoms with E-state index in [1.807, 2.05) is 0 Å². The minimum Gasteiger partial charge on any atom is -0.478 e. The van der Waals surface area contributed by atoms with Gasteiger partial charge in [0.05, 0.1) is 4.90 Å². The number of carboxylic acid groups (broad SMARTS) is 1. The van der Waals surface area contributed by atoms with Crippen molar-refractivity contribution in [3.63, 3.8) is 0 Å². The highest BCUT2D eigenvalue weighted by atomic mass is 32.2. The van der Waals surface area contributed by atoms with Crippen molar-refractivity contribution in [3.8, 4) is 0 Å². The maximum atomic E-state index is 11.2. The molecular formula is C10H9NO6S. The number of amides is 1. The summed E-state index contributed by atoms with van der Waals surface area (Å²) >= 11 is 0. The number of hydrogen-bond donors (Lipinski definition) is 3. The summed E-state index contributed by atoms with van der Waals surface area (Å²) < 4.78 is 30.2. The van der Waals surface area contributed by atoms with Crippen molar-refractivity contribution < 1.29 is 27.7 Å². The highest BCUT2D eigenvalue weighted by Crippen LogP contribution is 2.13. The second-order valence-corrected chi connectivity index (χ2v) is 4.58. The number of anilines is 1. The van der Waals surface area contributed by atoms with Crippen LogP contribution in [0.1, 0.15) is 0 Å². The van der Waals surface area contributed by atoms with Crippen LogP contribution in [0.25, 0.3) is 0 Å². The van der Waals surface area contributed by atoms with Gasteiger partial charge in [0.1, 0.15) is 0 Å². The first-order valence-corrected chi connectivity index (χ1v) is 6.02. The van der Waals surface area contributed by atoms with E-state index in [1.54, 1.807) is 0 Å². The standard InChI is InChI=1S/C10H9NO6S/c12-9(5-6-10(13)14)11-7-1-3-8(4-2-7)18(15,16)17/h1-6H,(H,11,12)(H,13,14)(H,15,16,17)/b6-5-. The smallest absolute Gasteiger partial charge is 0.328 e. The Morgan fingerprint density at radius 2 is 1.67 bits per heavy atom. The minimum atomic E-state index is -4.27. The van der Waals surface area contributed by atoms with E-state index in [-0.39, 0.29) is 10.6 Å². The number of carbonyl (C=O) groups excluding carboxylic acids is 1. The Morgan fingerprint density at radius 3 is 2.11 bits per heavy atom. The summed E-state index contributed by atoms with van der Waals surface area (Å²) in [4.78, 5) is 21.0. The van der Waals surface area contributed by atoms with E-state index in [0.29, 0.717) is 6.08 Å². The van der Waals surface area contributed by atoms with Crippen molar-refractivity contribution in [3.05, 3.63) is 36.4 Å². The van der Waals surface area contributed by atoms with Gasteiger partial charge in [-0.3, -0.25) is 9.35 Å². The molecule has 0 fully saturated rings. The maximum Gasteiger partial charge on any atom is 0.328 e. The molecule has 96 valence electrons. The van der Waals surface area contributed by atoms with E-state index >= 15 is 0 Å². The Labute approximate surface area is 102 Å². The van der Waals surface area contributed by atoms with Crippen LogP contribution in [0.2, 0.25) is 0 Å². The Morgan fingerprint density at radius 1 is 1.11 bits per heavy atom. The second kappa shape index (κ2) is 5.43. The third-order valence-corrected chi connectivity index (χ3v) is 2.66. The SMILES string of the molecule is O=C(O)/C=C\C(=O)Nc1ccc(S(=O)(=O)O)cc1. The molecule has 18 heavy (non-hydrogen) atoms. The van der Waals surface area contributed by atoms with Gasteiger partial charge in [-0.2, -0.15) is 8.42 Å². The molecule has 3 N–H and O–H groups in total. The normalized spacial score (nSPS) is 11.4. The summed E-state index contributed by atoms with van der Waals surface area (Å²) in [5.74, 6) is -1.93. The van der Waals surface area contributed by atoms with Crippen LogP contribution in [-0.2, 0) is 19.7 Å². The van der Waals surface area contributed by atoms with E-state index in [1.165, 1.54) is 12.1 Å².